The molecule has 37 heavy (non-hydrogen) atoms. The molecule has 0 bridgehead atoms. The molecule has 3 aromatic carbocycles. The monoisotopic (exact) mass is 664 g/mol. The minimum atomic E-state index is -4.27. The molecular weight excluding hydrogens is 643 g/mol. The van der Waals surface area contributed by atoms with Crippen LogP contribution in [0.3, 0.4) is 0 Å². The maximum Gasteiger partial charge on any atom is 0.369 e. The molecule has 1 N–H and O–H groups in total. The highest BCUT2D eigenvalue weighted by molar-refractivity contribution is 7.85. The van der Waals surface area contributed by atoms with Crippen LogP contribution in [0.2, 0.25) is 0 Å². The SMILES string of the molecule is COc1ccc2nc(NC(=O)c3ccc([I+]c4cccs4)cc3)sc2c1.Cc1ccc(S(=O)(=O)[O-])cc1. The Morgan fingerprint density at radius 2 is 1.76 bits per heavy atom. The summed E-state index contributed by atoms with van der Waals surface area (Å²) in [7, 11) is -2.64. The van der Waals surface area contributed by atoms with Crippen molar-refractivity contribution in [3.8, 4) is 5.75 Å². The highest BCUT2D eigenvalue weighted by atomic mass is 127. The minimum absolute atomic E-state index is 0.142. The number of ether oxygens (including phenoxy) is 1. The molecule has 2 aromatic heterocycles. The number of benzene rings is 3. The zero-order chi connectivity index (χ0) is 26.4. The second kappa shape index (κ2) is 12.1. The van der Waals surface area contributed by atoms with Gasteiger partial charge in [-0.1, -0.05) is 40.4 Å². The number of nitrogens with zero attached hydrogens (tertiary/aromatic N) is 1. The molecule has 190 valence electrons. The smallest absolute Gasteiger partial charge is 0.369 e. The summed E-state index contributed by atoms with van der Waals surface area (Å²) in [5.74, 6) is 0.639. The van der Waals surface area contributed by atoms with E-state index in [0.717, 1.165) is 21.5 Å². The van der Waals surface area contributed by atoms with Crippen molar-refractivity contribution in [3.05, 3.63) is 102 Å². The van der Waals surface area contributed by atoms with E-state index in [1.807, 2.05) is 49.4 Å². The van der Waals surface area contributed by atoms with Crippen molar-refractivity contribution in [2.45, 2.75) is 11.8 Å². The van der Waals surface area contributed by atoms with Crippen molar-refractivity contribution in [2.75, 3.05) is 12.4 Å². The average Bonchev–Trinajstić information content (AvgIpc) is 3.53. The summed E-state index contributed by atoms with van der Waals surface area (Å²) in [6.07, 6.45) is 0. The zero-order valence-electron chi connectivity index (χ0n) is 19.7. The van der Waals surface area contributed by atoms with Crippen LogP contribution in [-0.2, 0) is 10.1 Å². The number of hydrogen-bond donors (Lipinski definition) is 1. The summed E-state index contributed by atoms with van der Waals surface area (Å²) >= 11 is 3.06. The number of anilines is 1. The molecule has 0 aliphatic heterocycles. The third kappa shape index (κ3) is 7.58. The number of methoxy groups -OCH3 is 1. The van der Waals surface area contributed by atoms with Gasteiger partial charge < -0.3 is 9.29 Å². The molecule has 0 fully saturated rings. The van der Waals surface area contributed by atoms with Gasteiger partial charge in [-0.25, -0.2) is 13.4 Å². The first-order valence-corrected chi connectivity index (χ1v) is 16.0. The van der Waals surface area contributed by atoms with E-state index in [9.17, 15) is 17.8 Å². The van der Waals surface area contributed by atoms with E-state index < -0.39 is 10.1 Å². The lowest BCUT2D eigenvalue weighted by Gasteiger charge is -2.05. The first kappa shape index (κ1) is 27.2. The Morgan fingerprint density at radius 1 is 1.03 bits per heavy atom. The number of thiophene rings is 1. The number of thiazole rings is 1. The van der Waals surface area contributed by atoms with Crippen LogP contribution >= 0.6 is 22.7 Å². The van der Waals surface area contributed by atoms with E-state index in [1.165, 1.54) is 29.9 Å². The quantitative estimate of drug-likeness (QED) is 0.221. The maximum atomic E-state index is 12.5. The molecule has 0 aliphatic carbocycles. The largest absolute Gasteiger partial charge is 0.744 e. The molecule has 0 saturated carbocycles. The summed E-state index contributed by atoms with van der Waals surface area (Å²) in [6.45, 7) is 1.82. The van der Waals surface area contributed by atoms with E-state index in [2.05, 4.69) is 27.8 Å². The van der Waals surface area contributed by atoms with Gasteiger partial charge in [-0.3, -0.25) is 10.1 Å². The number of amides is 1. The van der Waals surface area contributed by atoms with Crippen LogP contribution < -0.4 is 31.3 Å². The van der Waals surface area contributed by atoms with Gasteiger partial charge in [0.1, 0.15) is 15.9 Å². The first-order chi connectivity index (χ1) is 17.7. The van der Waals surface area contributed by atoms with Gasteiger partial charge in [-0.2, -0.15) is 0 Å². The molecule has 0 radical (unpaired) electrons. The zero-order valence-corrected chi connectivity index (χ0v) is 24.3. The normalized spacial score (nSPS) is 11.0. The molecule has 2 heterocycles. The molecule has 7 nitrogen and oxygen atoms in total. The van der Waals surface area contributed by atoms with Crippen molar-refractivity contribution in [3.63, 3.8) is 0 Å². The Hall–Kier alpha value is -2.84. The van der Waals surface area contributed by atoms with Gasteiger partial charge in [0.05, 0.1) is 22.2 Å². The number of rotatable bonds is 6. The Kier molecular flexibility index (Phi) is 8.92. The Labute approximate surface area is 233 Å². The topological polar surface area (TPSA) is 108 Å². The molecule has 1 amide bonds. The fraction of sp³-hybridized carbons (Fsp3) is 0.0769. The van der Waals surface area contributed by atoms with Crippen LogP contribution in [0.25, 0.3) is 10.2 Å². The standard InChI is InChI=1S/C19H13IN2O2S2.C7H8O3S/c1-24-14-8-9-15-16(11-14)26-19(21-15)22-18(23)12-4-6-13(7-5-12)20-17-3-2-10-25-17;1-6-2-4-7(5-3-6)11(8,9)10/h2-11H,1H3;2-5H,1H3,(H,8,9,10). The fourth-order valence-electron chi connectivity index (χ4n) is 3.04. The minimum Gasteiger partial charge on any atom is -0.744 e. The second-order valence-corrected chi connectivity index (χ2v) is 14.6. The van der Waals surface area contributed by atoms with Gasteiger partial charge >= 0.3 is 21.2 Å². The van der Waals surface area contributed by atoms with Gasteiger partial charge in [-0.05, 0) is 73.0 Å². The summed E-state index contributed by atoms with van der Waals surface area (Å²) in [6, 6.07) is 23.6. The Balaban J connectivity index is 0.000000245. The number of aryl methyl sites for hydroxylation is 1. The molecule has 5 rings (SSSR count). The van der Waals surface area contributed by atoms with E-state index in [1.54, 1.807) is 30.6 Å². The lowest BCUT2D eigenvalue weighted by atomic mass is 10.2. The Morgan fingerprint density at radius 3 is 2.38 bits per heavy atom. The van der Waals surface area contributed by atoms with Crippen LogP contribution in [0.15, 0.2) is 89.1 Å². The summed E-state index contributed by atoms with van der Waals surface area (Å²) in [5.41, 5.74) is 2.42. The van der Waals surface area contributed by atoms with Crippen LogP contribution in [-0.4, -0.2) is 31.0 Å². The van der Waals surface area contributed by atoms with Crippen LogP contribution in [0.1, 0.15) is 15.9 Å². The molecule has 0 spiro atoms. The van der Waals surface area contributed by atoms with E-state index in [4.69, 9.17) is 4.74 Å². The summed E-state index contributed by atoms with van der Waals surface area (Å²) in [5, 5.41) is 5.58. The van der Waals surface area contributed by atoms with Gasteiger partial charge in [0, 0.05) is 11.6 Å². The fourth-order valence-corrected chi connectivity index (χ4v) is 8.03. The second-order valence-electron chi connectivity index (χ2n) is 7.59. The molecule has 0 unspecified atom stereocenters. The lowest BCUT2D eigenvalue weighted by molar-refractivity contribution is -0.591. The average molecular weight is 665 g/mol. The molecular formula is C26H21IN2O5S3. The number of hydrogen-bond acceptors (Lipinski definition) is 8. The van der Waals surface area contributed by atoms with Crippen LogP contribution in [0, 0.1) is 13.4 Å². The highest BCUT2D eigenvalue weighted by Gasteiger charge is 2.17. The molecule has 5 aromatic rings. The summed E-state index contributed by atoms with van der Waals surface area (Å²) in [4.78, 5) is 16.8. The number of carbonyl (C=O) groups is 1. The van der Waals surface area contributed by atoms with Gasteiger partial charge in [0.15, 0.2) is 8.70 Å². The maximum absolute atomic E-state index is 12.5. The number of nitrogens with one attached hydrogen (secondary N) is 1. The lowest BCUT2D eigenvalue weighted by Crippen LogP contribution is -3.61. The Bertz CT molecular complexity index is 1600. The van der Waals surface area contributed by atoms with Crippen molar-refractivity contribution in [1.29, 1.82) is 0 Å². The first-order valence-electron chi connectivity index (χ1n) is 10.8. The van der Waals surface area contributed by atoms with Crippen molar-refractivity contribution in [2.24, 2.45) is 0 Å². The number of halogens is 1. The molecule has 11 heteroatoms. The predicted octanol–water partition coefficient (Wildman–Crippen LogP) is 2.65. The van der Waals surface area contributed by atoms with Crippen molar-refractivity contribution in [1.82, 2.24) is 4.98 Å². The molecule has 0 saturated heterocycles. The van der Waals surface area contributed by atoms with Crippen LogP contribution in [0.5, 0.6) is 5.75 Å². The number of carbonyl (C=O) groups excluding carboxylic acids is 1. The van der Waals surface area contributed by atoms with Gasteiger partial charge in [0.25, 0.3) is 5.91 Å². The predicted molar refractivity (Wildman–Crippen MR) is 141 cm³/mol. The number of aromatic nitrogens is 1. The van der Waals surface area contributed by atoms with Crippen LogP contribution in [0.4, 0.5) is 5.13 Å². The van der Waals surface area contributed by atoms with E-state index in [-0.39, 0.29) is 32.0 Å². The third-order valence-corrected chi connectivity index (χ3v) is 10.9. The highest BCUT2D eigenvalue weighted by Crippen LogP contribution is 2.29. The van der Waals surface area contributed by atoms with E-state index >= 15 is 0 Å². The van der Waals surface area contributed by atoms with Crippen molar-refractivity contribution >= 4 is 54.0 Å². The van der Waals surface area contributed by atoms with Gasteiger partial charge in [0.2, 0.25) is 2.88 Å². The molecule has 0 atom stereocenters. The third-order valence-electron chi connectivity index (χ3n) is 4.92. The molecule has 0 aliphatic rings. The number of fused-ring (bicyclic) bond motifs is 1. The van der Waals surface area contributed by atoms with E-state index in [0.29, 0.717) is 10.7 Å². The summed E-state index contributed by atoms with van der Waals surface area (Å²) < 4.78 is 40.1. The van der Waals surface area contributed by atoms with Crippen molar-refractivity contribution < 1.29 is 43.7 Å². The van der Waals surface area contributed by atoms with Gasteiger partial charge in [-0.15, -0.1) is 0 Å².